The van der Waals surface area contributed by atoms with Crippen LogP contribution >= 0.6 is 0 Å². The zero-order valence-corrected chi connectivity index (χ0v) is 10.2. The van der Waals surface area contributed by atoms with Crippen molar-refractivity contribution in [1.29, 1.82) is 0 Å². The van der Waals surface area contributed by atoms with Crippen LogP contribution in [0.5, 0.6) is 0 Å². The van der Waals surface area contributed by atoms with Crippen molar-refractivity contribution in [2.45, 2.75) is 37.2 Å². The minimum Gasteiger partial charge on any atom is -0.372 e. The third-order valence-corrected chi connectivity index (χ3v) is 6.03. The highest BCUT2D eigenvalue weighted by Gasteiger charge is 2.62. The summed E-state index contributed by atoms with van der Waals surface area (Å²) in [6, 6.07) is 0.0214. The molecule has 2 aliphatic carbocycles. The van der Waals surface area contributed by atoms with Gasteiger partial charge in [-0.15, -0.1) is 0 Å². The van der Waals surface area contributed by atoms with E-state index in [0.29, 0.717) is 12.5 Å². The van der Waals surface area contributed by atoms with Crippen LogP contribution in [0.15, 0.2) is 12.2 Å². The van der Waals surface area contributed by atoms with Gasteiger partial charge in [-0.3, -0.25) is 0 Å². The van der Waals surface area contributed by atoms with Crippen LogP contribution in [0.2, 0.25) is 0 Å². The average Bonchev–Trinajstić information content (AvgIpc) is 2.75. The fourth-order valence-corrected chi connectivity index (χ4v) is 5.62. The van der Waals surface area contributed by atoms with Crippen LogP contribution in [0.25, 0.3) is 0 Å². The van der Waals surface area contributed by atoms with E-state index >= 15 is 0 Å². The Bertz CT molecular complexity index is 431. The maximum absolute atomic E-state index is 11.8. The molecule has 1 saturated heterocycles. The molecule has 16 heavy (non-hydrogen) atoms. The van der Waals surface area contributed by atoms with E-state index in [1.165, 1.54) is 0 Å². The Balaban J connectivity index is 1.79. The highest BCUT2D eigenvalue weighted by Crippen LogP contribution is 2.52. The molecular formula is C11H17NO3S. The number of sulfonamides is 1. The molecule has 5 atom stereocenters. The monoisotopic (exact) mass is 243 g/mol. The zero-order chi connectivity index (χ0) is 11.5. The molecule has 90 valence electrons. The summed E-state index contributed by atoms with van der Waals surface area (Å²) in [6.07, 6.45) is 1.84. The van der Waals surface area contributed by atoms with Gasteiger partial charge in [0.15, 0.2) is 0 Å². The lowest BCUT2D eigenvalue weighted by molar-refractivity contribution is 0.0188. The van der Waals surface area contributed by atoms with Crippen molar-refractivity contribution in [1.82, 2.24) is 4.72 Å². The van der Waals surface area contributed by atoms with Crippen LogP contribution in [-0.2, 0) is 14.8 Å². The summed E-state index contributed by atoms with van der Waals surface area (Å²) >= 11 is 0. The summed E-state index contributed by atoms with van der Waals surface area (Å²) in [7, 11) is -3.06. The lowest BCUT2D eigenvalue weighted by Gasteiger charge is -2.26. The van der Waals surface area contributed by atoms with Gasteiger partial charge in [-0.05, 0) is 31.6 Å². The molecule has 3 fully saturated rings. The molecule has 3 rings (SSSR count). The van der Waals surface area contributed by atoms with Crippen molar-refractivity contribution in [3.05, 3.63) is 12.2 Å². The minimum absolute atomic E-state index is 0.0214. The molecular weight excluding hydrogens is 226 g/mol. The third-order valence-electron chi connectivity index (χ3n) is 4.09. The molecule has 3 aliphatic rings. The van der Waals surface area contributed by atoms with Gasteiger partial charge in [0.05, 0.1) is 24.0 Å². The van der Waals surface area contributed by atoms with E-state index in [4.69, 9.17) is 4.74 Å². The molecule has 0 radical (unpaired) electrons. The smallest absolute Gasteiger partial charge is 0.215 e. The molecule has 0 aromatic carbocycles. The van der Waals surface area contributed by atoms with Gasteiger partial charge in [0, 0.05) is 0 Å². The van der Waals surface area contributed by atoms with E-state index in [9.17, 15) is 8.42 Å². The van der Waals surface area contributed by atoms with Crippen molar-refractivity contribution >= 4 is 10.0 Å². The standard InChI is InChI=1S/C11H17NO3S/c1-6(2)5-15-11-7-3-8-9(4-7)16(13,14)12-10(8)11/h7-12H,1,3-5H2,2H3. The summed E-state index contributed by atoms with van der Waals surface area (Å²) in [5.74, 6) is 0.703. The molecule has 0 spiro atoms. The van der Waals surface area contributed by atoms with Crippen molar-refractivity contribution < 1.29 is 13.2 Å². The Kier molecular flexibility index (Phi) is 2.22. The fraction of sp³-hybridized carbons (Fsp3) is 0.818. The van der Waals surface area contributed by atoms with E-state index in [1.54, 1.807) is 0 Å². The largest absolute Gasteiger partial charge is 0.372 e. The SMILES string of the molecule is C=C(C)COC1C2CC3C1NS(=O)(=O)C3C2. The third kappa shape index (κ3) is 1.38. The molecule has 2 bridgehead atoms. The molecule has 4 nitrogen and oxygen atoms in total. The normalized spacial score (nSPS) is 47.4. The first-order valence-corrected chi connectivity index (χ1v) is 7.31. The Morgan fingerprint density at radius 3 is 2.94 bits per heavy atom. The molecule has 0 aromatic heterocycles. The molecule has 5 unspecified atom stereocenters. The number of rotatable bonds is 3. The summed E-state index contributed by atoms with van der Waals surface area (Å²) in [5, 5.41) is -0.146. The molecule has 1 aliphatic heterocycles. The average molecular weight is 243 g/mol. The molecule has 1 N–H and O–H groups in total. The molecule has 0 amide bonds. The Hall–Kier alpha value is -0.390. The van der Waals surface area contributed by atoms with Crippen molar-refractivity contribution in [2.75, 3.05) is 6.61 Å². The van der Waals surface area contributed by atoms with Crippen molar-refractivity contribution in [2.24, 2.45) is 11.8 Å². The number of fused-ring (bicyclic) bond motifs is 1. The topological polar surface area (TPSA) is 55.4 Å². The van der Waals surface area contributed by atoms with Gasteiger partial charge in [-0.2, -0.15) is 0 Å². The summed E-state index contributed by atoms with van der Waals surface area (Å²) in [4.78, 5) is 0. The maximum Gasteiger partial charge on any atom is 0.215 e. The predicted octanol–water partition coefficient (Wildman–Crippen LogP) is 0.658. The van der Waals surface area contributed by atoms with Gasteiger partial charge >= 0.3 is 0 Å². The second-order valence-corrected chi connectivity index (χ2v) is 7.29. The summed E-state index contributed by atoms with van der Waals surface area (Å²) in [5.41, 5.74) is 0.986. The second kappa shape index (κ2) is 3.31. The maximum atomic E-state index is 11.8. The lowest BCUT2D eigenvalue weighted by Crippen LogP contribution is -2.40. The first-order chi connectivity index (χ1) is 7.49. The van der Waals surface area contributed by atoms with Crippen LogP contribution in [0.3, 0.4) is 0 Å². The van der Waals surface area contributed by atoms with E-state index in [2.05, 4.69) is 11.3 Å². The number of nitrogens with one attached hydrogen (secondary N) is 1. The molecule has 5 heteroatoms. The van der Waals surface area contributed by atoms with E-state index < -0.39 is 10.0 Å². The van der Waals surface area contributed by atoms with Crippen LogP contribution in [0.1, 0.15) is 19.8 Å². The quantitative estimate of drug-likeness (QED) is 0.741. The van der Waals surface area contributed by atoms with E-state index in [0.717, 1.165) is 18.4 Å². The molecule has 0 aromatic rings. The van der Waals surface area contributed by atoms with Crippen molar-refractivity contribution in [3.8, 4) is 0 Å². The first kappa shape index (κ1) is 10.7. The van der Waals surface area contributed by atoms with Gasteiger partial charge in [-0.1, -0.05) is 12.2 Å². The molecule has 1 heterocycles. The summed E-state index contributed by atoms with van der Waals surface area (Å²) in [6.45, 7) is 6.27. The zero-order valence-electron chi connectivity index (χ0n) is 9.35. The lowest BCUT2D eigenvalue weighted by atomic mass is 9.93. The van der Waals surface area contributed by atoms with Crippen LogP contribution in [0, 0.1) is 11.8 Å². The molecule has 2 saturated carbocycles. The van der Waals surface area contributed by atoms with Crippen LogP contribution < -0.4 is 4.72 Å². The highest BCUT2D eigenvalue weighted by atomic mass is 32.2. The number of hydrogen-bond donors (Lipinski definition) is 1. The Morgan fingerprint density at radius 2 is 2.25 bits per heavy atom. The predicted molar refractivity (Wildman–Crippen MR) is 60.4 cm³/mol. The van der Waals surface area contributed by atoms with Gasteiger partial charge in [-0.25, -0.2) is 13.1 Å². The Morgan fingerprint density at radius 1 is 1.50 bits per heavy atom. The van der Waals surface area contributed by atoms with Gasteiger partial charge < -0.3 is 4.74 Å². The number of ether oxygens (including phenoxy) is 1. The van der Waals surface area contributed by atoms with E-state index in [1.807, 2.05) is 6.92 Å². The van der Waals surface area contributed by atoms with E-state index in [-0.39, 0.29) is 23.3 Å². The second-order valence-electron chi connectivity index (χ2n) is 5.36. The summed E-state index contributed by atoms with van der Waals surface area (Å²) < 4.78 is 32.1. The van der Waals surface area contributed by atoms with Gasteiger partial charge in [0.25, 0.3) is 0 Å². The number of hydrogen-bond acceptors (Lipinski definition) is 3. The minimum atomic E-state index is -3.06. The van der Waals surface area contributed by atoms with Crippen molar-refractivity contribution in [3.63, 3.8) is 0 Å². The fourth-order valence-electron chi connectivity index (χ4n) is 3.52. The van der Waals surface area contributed by atoms with Gasteiger partial charge in [0.2, 0.25) is 10.0 Å². The Labute approximate surface area is 96.1 Å². The van der Waals surface area contributed by atoms with Crippen LogP contribution in [0.4, 0.5) is 0 Å². The highest BCUT2D eigenvalue weighted by molar-refractivity contribution is 7.90. The van der Waals surface area contributed by atoms with Crippen LogP contribution in [-0.4, -0.2) is 32.4 Å². The van der Waals surface area contributed by atoms with Gasteiger partial charge in [0.1, 0.15) is 0 Å². The first-order valence-electron chi connectivity index (χ1n) is 5.76.